The second kappa shape index (κ2) is 9.11. The number of benzene rings is 1. The van der Waals surface area contributed by atoms with Gasteiger partial charge < -0.3 is 4.42 Å². The number of hydrogen-bond donors (Lipinski definition) is 1. The van der Waals surface area contributed by atoms with Gasteiger partial charge in [-0.1, -0.05) is 23.9 Å². The van der Waals surface area contributed by atoms with Crippen molar-refractivity contribution in [3.05, 3.63) is 80.9 Å². The number of furan rings is 1. The van der Waals surface area contributed by atoms with Crippen LogP contribution in [0.15, 0.2) is 57.1 Å². The molecule has 0 aliphatic rings. The van der Waals surface area contributed by atoms with Crippen LogP contribution in [-0.2, 0) is 5.75 Å². The van der Waals surface area contributed by atoms with Crippen LogP contribution in [0.25, 0.3) is 0 Å². The molecule has 9 nitrogen and oxygen atoms in total. The summed E-state index contributed by atoms with van der Waals surface area (Å²) in [6, 6.07) is 11.6. The lowest BCUT2D eigenvalue weighted by molar-refractivity contribution is -0.402. The van der Waals surface area contributed by atoms with Gasteiger partial charge in [0.25, 0.3) is 5.91 Å². The van der Waals surface area contributed by atoms with Crippen LogP contribution in [-0.4, -0.2) is 27.0 Å². The fourth-order valence-corrected chi connectivity index (χ4v) is 3.29. The molecule has 1 aromatic carbocycles. The van der Waals surface area contributed by atoms with Crippen LogP contribution in [0.5, 0.6) is 0 Å². The Morgan fingerprint density at radius 2 is 1.90 bits per heavy atom. The first-order chi connectivity index (χ1) is 13.9. The Morgan fingerprint density at radius 3 is 2.52 bits per heavy atom. The van der Waals surface area contributed by atoms with Gasteiger partial charge in [-0.2, -0.15) is 5.10 Å². The molecule has 1 amide bonds. The first-order valence-electron chi connectivity index (χ1n) is 8.52. The van der Waals surface area contributed by atoms with Crippen LogP contribution in [0.3, 0.4) is 0 Å². The molecule has 0 atom stereocenters. The molecule has 0 bridgehead atoms. The summed E-state index contributed by atoms with van der Waals surface area (Å²) in [6.45, 7) is 3.86. The van der Waals surface area contributed by atoms with Crippen LogP contribution in [0.1, 0.15) is 33.1 Å². The number of hydrogen-bond acceptors (Lipinski definition) is 8. The van der Waals surface area contributed by atoms with Gasteiger partial charge in [0, 0.05) is 22.7 Å². The zero-order chi connectivity index (χ0) is 20.8. The van der Waals surface area contributed by atoms with Crippen molar-refractivity contribution in [3.63, 3.8) is 0 Å². The highest BCUT2D eigenvalue weighted by molar-refractivity contribution is 7.98. The molecule has 3 aromatic rings. The molecule has 0 spiro atoms. The summed E-state index contributed by atoms with van der Waals surface area (Å²) < 4.78 is 4.91. The predicted octanol–water partition coefficient (Wildman–Crippen LogP) is 3.65. The quantitative estimate of drug-likeness (QED) is 0.207. The topological polar surface area (TPSA) is 124 Å². The molecule has 148 valence electrons. The molecule has 0 fully saturated rings. The van der Waals surface area contributed by atoms with Crippen LogP contribution >= 0.6 is 11.8 Å². The normalized spacial score (nSPS) is 11.0. The smallest absolute Gasteiger partial charge is 0.400 e. The molecule has 0 aliphatic heterocycles. The van der Waals surface area contributed by atoms with Crippen molar-refractivity contribution in [1.29, 1.82) is 0 Å². The average Bonchev–Trinajstić information content (AvgIpc) is 3.15. The molecule has 0 radical (unpaired) electrons. The van der Waals surface area contributed by atoms with Gasteiger partial charge >= 0.3 is 5.88 Å². The monoisotopic (exact) mass is 411 g/mol. The van der Waals surface area contributed by atoms with Crippen molar-refractivity contribution in [1.82, 2.24) is 15.4 Å². The van der Waals surface area contributed by atoms with Gasteiger partial charge in [0.05, 0.1) is 12.3 Å². The Labute approximate surface area is 170 Å². The highest BCUT2D eigenvalue weighted by Crippen LogP contribution is 2.20. The molecule has 10 heteroatoms. The number of thioether (sulfide) groups is 1. The molecule has 0 saturated carbocycles. The number of amides is 1. The Balaban J connectivity index is 1.54. The zero-order valence-electron chi connectivity index (χ0n) is 15.7. The van der Waals surface area contributed by atoms with Gasteiger partial charge in [0.1, 0.15) is 4.92 Å². The number of rotatable bonds is 7. The molecule has 29 heavy (non-hydrogen) atoms. The number of nitro groups is 1. The lowest BCUT2D eigenvalue weighted by atomic mass is 10.1. The molecule has 0 unspecified atom stereocenters. The number of hydrazone groups is 1. The van der Waals surface area contributed by atoms with Gasteiger partial charge in [-0.15, -0.1) is 0 Å². The van der Waals surface area contributed by atoms with Crippen molar-refractivity contribution in [2.24, 2.45) is 5.10 Å². The lowest BCUT2D eigenvalue weighted by Gasteiger charge is -2.04. The van der Waals surface area contributed by atoms with E-state index >= 15 is 0 Å². The third kappa shape index (κ3) is 5.72. The van der Waals surface area contributed by atoms with E-state index in [2.05, 4.69) is 20.5 Å². The second-order valence-corrected chi connectivity index (χ2v) is 6.99. The third-order valence-corrected chi connectivity index (χ3v) is 4.61. The predicted molar refractivity (Wildman–Crippen MR) is 108 cm³/mol. The van der Waals surface area contributed by atoms with Crippen molar-refractivity contribution in [3.8, 4) is 0 Å². The summed E-state index contributed by atoms with van der Waals surface area (Å²) in [4.78, 5) is 30.8. The Morgan fingerprint density at radius 1 is 1.21 bits per heavy atom. The van der Waals surface area contributed by atoms with Crippen LogP contribution < -0.4 is 5.43 Å². The molecule has 2 heterocycles. The minimum Gasteiger partial charge on any atom is -0.400 e. The molecule has 3 rings (SSSR count). The number of aromatic nitrogens is 2. The minimum absolute atomic E-state index is 0.165. The maximum absolute atomic E-state index is 12.1. The Hall–Kier alpha value is -3.53. The summed E-state index contributed by atoms with van der Waals surface area (Å²) in [6.07, 6.45) is 1.19. The third-order valence-electron chi connectivity index (χ3n) is 3.70. The van der Waals surface area contributed by atoms with E-state index in [-0.39, 0.29) is 5.76 Å². The van der Waals surface area contributed by atoms with E-state index in [1.807, 2.05) is 32.0 Å². The van der Waals surface area contributed by atoms with Gasteiger partial charge in [0.15, 0.2) is 10.9 Å². The van der Waals surface area contributed by atoms with E-state index in [0.717, 1.165) is 22.1 Å². The summed E-state index contributed by atoms with van der Waals surface area (Å²) in [5, 5.41) is 15.0. The van der Waals surface area contributed by atoms with Crippen LogP contribution in [0, 0.1) is 24.0 Å². The molecule has 2 aromatic heterocycles. The van der Waals surface area contributed by atoms with Crippen molar-refractivity contribution in [2.45, 2.75) is 24.8 Å². The Bertz CT molecular complexity index is 1040. The lowest BCUT2D eigenvalue weighted by Crippen LogP contribution is -2.17. The molecular weight excluding hydrogens is 394 g/mol. The van der Waals surface area contributed by atoms with E-state index in [1.54, 1.807) is 12.1 Å². The van der Waals surface area contributed by atoms with E-state index in [4.69, 9.17) is 4.42 Å². The zero-order valence-corrected chi connectivity index (χ0v) is 16.5. The van der Waals surface area contributed by atoms with Crippen LogP contribution in [0.2, 0.25) is 0 Å². The highest BCUT2D eigenvalue weighted by Gasteiger charge is 2.10. The largest absolute Gasteiger partial charge is 0.433 e. The maximum atomic E-state index is 12.1. The average molecular weight is 411 g/mol. The fraction of sp³-hybridized carbons (Fsp3) is 0.158. The summed E-state index contributed by atoms with van der Waals surface area (Å²) in [5.74, 6) is 0.0508. The summed E-state index contributed by atoms with van der Waals surface area (Å²) in [5.41, 5.74) is 5.67. The Kier molecular flexibility index (Phi) is 6.35. The maximum Gasteiger partial charge on any atom is 0.433 e. The SMILES string of the molecule is Cc1cc(C)nc(SCc2ccc(C(=O)N/N=C\c3ccc([N+](=O)[O-])o3)cc2)n1. The highest BCUT2D eigenvalue weighted by atomic mass is 32.2. The molecule has 1 N–H and O–H groups in total. The number of carbonyl (C=O) groups is 1. The van der Waals surface area contributed by atoms with Crippen molar-refractivity contribution in [2.75, 3.05) is 0 Å². The summed E-state index contributed by atoms with van der Waals surface area (Å²) >= 11 is 1.53. The van der Waals surface area contributed by atoms with E-state index in [0.29, 0.717) is 11.3 Å². The van der Waals surface area contributed by atoms with E-state index in [1.165, 1.54) is 30.1 Å². The number of nitrogens with zero attached hydrogens (tertiary/aromatic N) is 4. The number of aryl methyl sites for hydroxylation is 2. The molecule has 0 aliphatic carbocycles. The van der Waals surface area contributed by atoms with Gasteiger partial charge in [0.2, 0.25) is 0 Å². The molecule has 0 saturated heterocycles. The first kappa shape index (κ1) is 20.2. The first-order valence-corrected chi connectivity index (χ1v) is 9.51. The standard InChI is InChI=1S/C19H17N5O4S/c1-12-9-13(2)22-19(21-12)29-11-14-3-5-15(6-4-14)18(25)23-20-10-16-7-8-17(28-16)24(26)27/h3-10H,11H2,1-2H3,(H,23,25)/b20-10-. The fourth-order valence-electron chi connectivity index (χ4n) is 2.39. The van der Waals surface area contributed by atoms with Gasteiger partial charge in [-0.05, 0) is 43.7 Å². The van der Waals surface area contributed by atoms with Crippen LogP contribution in [0.4, 0.5) is 5.88 Å². The van der Waals surface area contributed by atoms with Crippen molar-refractivity contribution >= 4 is 29.8 Å². The van der Waals surface area contributed by atoms with Gasteiger partial charge in [-0.25, -0.2) is 15.4 Å². The second-order valence-electron chi connectivity index (χ2n) is 6.05. The van der Waals surface area contributed by atoms with E-state index in [9.17, 15) is 14.9 Å². The minimum atomic E-state index is -0.651. The molecular formula is C19H17N5O4S. The van der Waals surface area contributed by atoms with E-state index < -0.39 is 16.7 Å². The number of nitrogens with one attached hydrogen (secondary N) is 1. The number of carbonyl (C=O) groups excluding carboxylic acids is 1. The van der Waals surface area contributed by atoms with Crippen molar-refractivity contribution < 1.29 is 14.1 Å². The summed E-state index contributed by atoms with van der Waals surface area (Å²) in [7, 11) is 0. The van der Waals surface area contributed by atoms with Gasteiger partial charge in [-0.3, -0.25) is 14.9 Å².